The highest BCUT2D eigenvalue weighted by Crippen LogP contribution is 2.35. The van der Waals surface area contributed by atoms with Crippen molar-refractivity contribution in [2.45, 2.75) is 11.8 Å². The summed E-state index contributed by atoms with van der Waals surface area (Å²) < 4.78 is 37.3. The Hall–Kier alpha value is -3.27. The Labute approximate surface area is 162 Å². The summed E-state index contributed by atoms with van der Waals surface area (Å²) in [4.78, 5) is 22.3. The van der Waals surface area contributed by atoms with Crippen molar-refractivity contribution in [1.82, 2.24) is 0 Å². The summed E-state index contributed by atoms with van der Waals surface area (Å²) in [6.45, 7) is 0.508. The molecule has 2 aromatic carbocycles. The van der Waals surface area contributed by atoms with Crippen LogP contribution in [0.3, 0.4) is 0 Å². The van der Waals surface area contributed by atoms with Gasteiger partial charge in [-0.2, -0.15) is 0 Å². The Bertz CT molecular complexity index is 972. The molecule has 0 spiro atoms. The summed E-state index contributed by atoms with van der Waals surface area (Å²) in [5.74, 6) is -1.14. The van der Waals surface area contributed by atoms with E-state index in [9.17, 15) is 23.1 Å². The van der Waals surface area contributed by atoms with E-state index in [0.29, 0.717) is 11.4 Å². The number of sulfonamides is 1. The highest BCUT2D eigenvalue weighted by atomic mass is 32.2. The summed E-state index contributed by atoms with van der Waals surface area (Å²) in [5, 5.41) is 11.8. The minimum atomic E-state index is -4.25. The summed E-state index contributed by atoms with van der Waals surface area (Å²) in [7, 11) is -1.50. The normalized spacial score (nSPS) is 10.8. The van der Waals surface area contributed by atoms with Gasteiger partial charge in [0.25, 0.3) is 10.0 Å². The van der Waals surface area contributed by atoms with Gasteiger partial charge in [0.1, 0.15) is 18.0 Å². The molecule has 0 saturated carbocycles. The molecule has 28 heavy (non-hydrogen) atoms. The second-order valence-corrected chi connectivity index (χ2v) is 7.51. The molecule has 10 heteroatoms. The molecule has 0 aromatic heterocycles. The number of benzene rings is 2. The zero-order valence-corrected chi connectivity index (χ0v) is 16.3. The van der Waals surface area contributed by atoms with Crippen LogP contribution in [0, 0.1) is 0 Å². The predicted molar refractivity (Wildman–Crippen MR) is 102 cm³/mol. The Morgan fingerprint density at radius 3 is 2.21 bits per heavy atom. The third-order valence-corrected chi connectivity index (χ3v) is 5.47. The molecule has 0 bridgehead atoms. The number of carbonyl (C=O) groups is 2. The summed E-state index contributed by atoms with van der Waals surface area (Å²) in [6.07, 6.45) is 0. The number of hydrogen-bond acceptors (Lipinski definition) is 6. The average Bonchev–Trinajstić information content (AvgIpc) is 2.65. The first-order valence-corrected chi connectivity index (χ1v) is 9.47. The molecular weight excluding hydrogens is 388 g/mol. The molecule has 2 aromatic rings. The Morgan fingerprint density at radius 2 is 1.71 bits per heavy atom. The quantitative estimate of drug-likeness (QED) is 0.684. The fourth-order valence-electron chi connectivity index (χ4n) is 2.45. The molecule has 1 amide bonds. The first-order valence-electron chi connectivity index (χ1n) is 8.03. The average molecular weight is 408 g/mol. The van der Waals surface area contributed by atoms with Gasteiger partial charge in [-0.1, -0.05) is 0 Å². The summed E-state index contributed by atoms with van der Waals surface area (Å²) in [6, 6.07) is 9.82. The van der Waals surface area contributed by atoms with E-state index in [2.05, 4.69) is 5.32 Å². The number of amides is 1. The molecule has 0 aliphatic carbocycles. The standard InChI is InChI=1S/C18H20N2O7S/c1-12(21)19-13-4-7-15(8-5-13)28(24,25)20(11-18(22)23)16-10-14(26-2)6-9-17(16)27-3/h4-10H,11H2,1-3H3,(H,19,21)(H,22,23). The molecule has 0 aliphatic heterocycles. The number of nitrogens with zero attached hydrogens (tertiary/aromatic N) is 1. The predicted octanol–water partition coefficient (Wildman–Crippen LogP) is 1.94. The molecule has 0 aliphatic rings. The monoisotopic (exact) mass is 408 g/mol. The van der Waals surface area contributed by atoms with Crippen LogP contribution in [0.1, 0.15) is 6.92 Å². The van der Waals surface area contributed by atoms with Gasteiger partial charge in [-0.15, -0.1) is 0 Å². The zero-order valence-electron chi connectivity index (χ0n) is 15.5. The number of nitrogens with one attached hydrogen (secondary N) is 1. The van der Waals surface area contributed by atoms with Gasteiger partial charge in [0, 0.05) is 18.7 Å². The van der Waals surface area contributed by atoms with E-state index in [0.717, 1.165) is 4.31 Å². The first-order chi connectivity index (χ1) is 13.2. The van der Waals surface area contributed by atoms with E-state index in [4.69, 9.17) is 9.47 Å². The maximum absolute atomic E-state index is 13.1. The van der Waals surface area contributed by atoms with E-state index in [-0.39, 0.29) is 22.2 Å². The molecule has 2 N–H and O–H groups in total. The van der Waals surface area contributed by atoms with E-state index in [1.807, 2.05) is 0 Å². The minimum absolute atomic E-state index is 0.0233. The van der Waals surface area contributed by atoms with Gasteiger partial charge in [-0.25, -0.2) is 8.42 Å². The van der Waals surface area contributed by atoms with Crippen LogP contribution in [0.2, 0.25) is 0 Å². The van der Waals surface area contributed by atoms with E-state index in [1.54, 1.807) is 6.07 Å². The number of rotatable bonds is 8. The number of aliphatic carboxylic acids is 1. The Kier molecular flexibility index (Phi) is 6.47. The van der Waals surface area contributed by atoms with Crippen LogP contribution < -0.4 is 19.1 Å². The molecule has 9 nitrogen and oxygen atoms in total. The van der Waals surface area contributed by atoms with E-state index in [1.165, 1.54) is 57.5 Å². The maximum atomic E-state index is 13.1. The number of ether oxygens (including phenoxy) is 2. The Morgan fingerprint density at radius 1 is 1.07 bits per heavy atom. The second kappa shape index (κ2) is 8.61. The Balaban J connectivity index is 2.55. The van der Waals surface area contributed by atoms with Crippen LogP contribution in [0.25, 0.3) is 0 Å². The third-order valence-electron chi connectivity index (χ3n) is 3.70. The number of hydrogen-bond donors (Lipinski definition) is 2. The SMILES string of the molecule is COc1ccc(OC)c(N(CC(=O)O)S(=O)(=O)c2ccc(NC(C)=O)cc2)c1. The van der Waals surface area contributed by atoms with Crippen molar-refractivity contribution >= 4 is 33.3 Å². The molecule has 150 valence electrons. The van der Waals surface area contributed by atoms with Gasteiger partial charge in [-0.3, -0.25) is 13.9 Å². The van der Waals surface area contributed by atoms with Gasteiger partial charge < -0.3 is 19.9 Å². The summed E-state index contributed by atoms with van der Waals surface area (Å²) in [5.41, 5.74) is 0.436. The molecular formula is C18H20N2O7S. The molecule has 0 atom stereocenters. The van der Waals surface area contributed by atoms with Crippen LogP contribution in [0.5, 0.6) is 11.5 Å². The highest BCUT2D eigenvalue weighted by Gasteiger charge is 2.29. The van der Waals surface area contributed by atoms with Gasteiger partial charge in [-0.05, 0) is 36.4 Å². The van der Waals surface area contributed by atoms with Gasteiger partial charge in [0.2, 0.25) is 5.91 Å². The number of carbonyl (C=O) groups excluding carboxylic acids is 1. The molecule has 0 radical (unpaired) electrons. The lowest BCUT2D eigenvalue weighted by molar-refractivity contribution is -0.135. The van der Waals surface area contributed by atoms with Gasteiger partial charge in [0.05, 0.1) is 24.8 Å². The number of anilines is 2. The number of methoxy groups -OCH3 is 2. The number of carboxylic acids is 1. The highest BCUT2D eigenvalue weighted by molar-refractivity contribution is 7.92. The van der Waals surface area contributed by atoms with Crippen molar-refractivity contribution in [1.29, 1.82) is 0 Å². The lowest BCUT2D eigenvalue weighted by Crippen LogP contribution is -2.36. The maximum Gasteiger partial charge on any atom is 0.324 e. The smallest absolute Gasteiger partial charge is 0.324 e. The van der Waals surface area contributed by atoms with Crippen molar-refractivity contribution in [2.24, 2.45) is 0 Å². The minimum Gasteiger partial charge on any atom is -0.497 e. The van der Waals surface area contributed by atoms with Crippen LogP contribution in [0.4, 0.5) is 11.4 Å². The zero-order chi connectivity index (χ0) is 20.9. The van der Waals surface area contributed by atoms with Crippen molar-refractivity contribution in [3.63, 3.8) is 0 Å². The fraction of sp³-hybridized carbons (Fsp3) is 0.222. The molecule has 0 fully saturated rings. The van der Waals surface area contributed by atoms with Gasteiger partial charge in [0.15, 0.2) is 0 Å². The number of carboxylic acid groups (broad SMARTS) is 1. The van der Waals surface area contributed by atoms with Crippen LogP contribution in [-0.2, 0) is 19.6 Å². The van der Waals surface area contributed by atoms with Crippen molar-refractivity contribution in [3.05, 3.63) is 42.5 Å². The lowest BCUT2D eigenvalue weighted by Gasteiger charge is -2.25. The molecule has 0 unspecified atom stereocenters. The van der Waals surface area contributed by atoms with Crippen molar-refractivity contribution in [3.8, 4) is 11.5 Å². The third kappa shape index (κ3) is 4.71. The molecule has 0 heterocycles. The summed E-state index contributed by atoms with van der Waals surface area (Å²) >= 11 is 0. The van der Waals surface area contributed by atoms with E-state index >= 15 is 0 Å². The largest absolute Gasteiger partial charge is 0.497 e. The van der Waals surface area contributed by atoms with Crippen LogP contribution in [0.15, 0.2) is 47.4 Å². The fourth-order valence-corrected chi connectivity index (χ4v) is 3.87. The lowest BCUT2D eigenvalue weighted by atomic mass is 10.2. The van der Waals surface area contributed by atoms with Crippen molar-refractivity contribution in [2.75, 3.05) is 30.4 Å². The second-order valence-electron chi connectivity index (χ2n) is 5.65. The first kappa shape index (κ1) is 21.0. The van der Waals surface area contributed by atoms with Crippen LogP contribution >= 0.6 is 0 Å². The molecule has 0 saturated heterocycles. The van der Waals surface area contributed by atoms with Crippen molar-refractivity contribution < 1.29 is 32.6 Å². The molecule has 2 rings (SSSR count). The topological polar surface area (TPSA) is 122 Å². The van der Waals surface area contributed by atoms with Crippen LogP contribution in [-0.4, -0.2) is 46.2 Å². The van der Waals surface area contributed by atoms with Gasteiger partial charge >= 0.3 is 5.97 Å². The van der Waals surface area contributed by atoms with E-state index < -0.39 is 22.5 Å².